The van der Waals surface area contributed by atoms with E-state index in [1.165, 1.54) is 10.4 Å². The third-order valence-electron chi connectivity index (χ3n) is 5.04. The van der Waals surface area contributed by atoms with Crippen molar-refractivity contribution in [1.29, 1.82) is 0 Å². The molecule has 2 aromatic rings. The molecule has 0 aromatic heterocycles. The second-order valence-corrected chi connectivity index (χ2v) is 8.98. The molecule has 0 bridgehead atoms. The lowest BCUT2D eigenvalue weighted by atomic mass is 10.2. The van der Waals surface area contributed by atoms with E-state index < -0.39 is 10.0 Å². The molecular weight excluding hydrogens is 388 g/mol. The van der Waals surface area contributed by atoms with Crippen LogP contribution in [0, 0.1) is 13.8 Å². The number of amides is 1. The molecule has 1 heterocycles. The summed E-state index contributed by atoms with van der Waals surface area (Å²) in [6, 6.07) is 12.8. The first-order valence-corrected chi connectivity index (χ1v) is 10.9. The molecule has 0 radical (unpaired) electrons. The van der Waals surface area contributed by atoms with Crippen LogP contribution in [-0.2, 0) is 14.8 Å². The Labute approximate surface area is 172 Å². The second kappa shape index (κ2) is 8.80. The predicted molar refractivity (Wildman–Crippen MR) is 113 cm³/mol. The number of para-hydroxylation sites is 1. The van der Waals surface area contributed by atoms with E-state index in [0.29, 0.717) is 23.7 Å². The van der Waals surface area contributed by atoms with Crippen molar-refractivity contribution >= 4 is 22.0 Å². The number of nitrogens with zero attached hydrogens (tertiary/aromatic N) is 2. The molecular formula is C22H26N2O4S. The zero-order chi connectivity index (χ0) is 21.0. The van der Waals surface area contributed by atoms with E-state index in [4.69, 9.17) is 4.74 Å². The molecule has 1 amide bonds. The minimum atomic E-state index is -3.56. The molecule has 7 heteroatoms. The van der Waals surface area contributed by atoms with Gasteiger partial charge in [0.1, 0.15) is 5.75 Å². The molecule has 0 unspecified atom stereocenters. The van der Waals surface area contributed by atoms with Crippen molar-refractivity contribution in [1.82, 2.24) is 9.21 Å². The first-order chi connectivity index (χ1) is 13.8. The third kappa shape index (κ3) is 4.68. The van der Waals surface area contributed by atoms with Crippen LogP contribution in [0.3, 0.4) is 0 Å². The maximum absolute atomic E-state index is 13.0. The Morgan fingerprint density at radius 3 is 2.38 bits per heavy atom. The molecule has 0 spiro atoms. The highest BCUT2D eigenvalue weighted by atomic mass is 32.2. The summed E-state index contributed by atoms with van der Waals surface area (Å²) in [7, 11) is -1.97. The Morgan fingerprint density at radius 1 is 1.03 bits per heavy atom. The molecule has 0 aliphatic carbocycles. The van der Waals surface area contributed by atoms with Gasteiger partial charge < -0.3 is 9.64 Å². The summed E-state index contributed by atoms with van der Waals surface area (Å²) in [6.07, 6.45) is 3.23. The first kappa shape index (κ1) is 21.1. The van der Waals surface area contributed by atoms with Crippen molar-refractivity contribution in [3.63, 3.8) is 0 Å². The zero-order valence-electron chi connectivity index (χ0n) is 17.0. The summed E-state index contributed by atoms with van der Waals surface area (Å²) in [6.45, 7) is 5.03. The van der Waals surface area contributed by atoms with Crippen molar-refractivity contribution in [3.8, 4) is 5.75 Å². The standard InChI is InChI=1S/C22H26N2O4S/c1-17-8-10-21(18(2)16-17)29(26,27)24-14-12-23(13-15-24)22(25)11-9-19-6-4-5-7-20(19)28-3/h4-11,16H,12-15H2,1-3H3. The molecule has 1 fully saturated rings. The number of hydrogen-bond donors (Lipinski definition) is 0. The number of methoxy groups -OCH3 is 1. The summed E-state index contributed by atoms with van der Waals surface area (Å²) < 4.78 is 32.7. The first-order valence-electron chi connectivity index (χ1n) is 9.50. The van der Waals surface area contributed by atoms with Gasteiger partial charge in [-0.25, -0.2) is 8.42 Å². The molecule has 1 saturated heterocycles. The second-order valence-electron chi connectivity index (χ2n) is 7.07. The fourth-order valence-electron chi connectivity index (χ4n) is 3.45. The molecule has 3 rings (SSSR count). The lowest BCUT2D eigenvalue weighted by molar-refractivity contribution is -0.127. The van der Waals surface area contributed by atoms with Gasteiger partial charge in [0.25, 0.3) is 0 Å². The van der Waals surface area contributed by atoms with Crippen LogP contribution in [0.1, 0.15) is 16.7 Å². The van der Waals surface area contributed by atoms with Crippen LogP contribution in [0.2, 0.25) is 0 Å². The van der Waals surface area contributed by atoms with Gasteiger partial charge in [-0.15, -0.1) is 0 Å². The lowest BCUT2D eigenvalue weighted by Crippen LogP contribution is -2.50. The molecule has 0 N–H and O–H groups in total. The molecule has 0 atom stereocenters. The number of carbonyl (C=O) groups excluding carboxylic acids is 1. The van der Waals surface area contributed by atoms with Crippen LogP contribution in [0.5, 0.6) is 5.75 Å². The number of rotatable bonds is 5. The normalized spacial score (nSPS) is 15.6. The van der Waals surface area contributed by atoms with Gasteiger partial charge >= 0.3 is 0 Å². The van der Waals surface area contributed by atoms with Gasteiger partial charge in [-0.3, -0.25) is 4.79 Å². The van der Waals surface area contributed by atoms with Gasteiger partial charge in [0, 0.05) is 37.8 Å². The van der Waals surface area contributed by atoms with Crippen molar-refractivity contribution in [2.24, 2.45) is 0 Å². The number of carbonyl (C=O) groups is 1. The number of piperazine rings is 1. The highest BCUT2D eigenvalue weighted by molar-refractivity contribution is 7.89. The van der Waals surface area contributed by atoms with E-state index in [0.717, 1.165) is 16.7 Å². The number of ether oxygens (including phenoxy) is 1. The van der Waals surface area contributed by atoms with Gasteiger partial charge in [0.05, 0.1) is 12.0 Å². The topological polar surface area (TPSA) is 66.9 Å². The van der Waals surface area contributed by atoms with Crippen LogP contribution >= 0.6 is 0 Å². The fraction of sp³-hybridized carbons (Fsp3) is 0.318. The van der Waals surface area contributed by atoms with E-state index in [2.05, 4.69) is 0 Å². The average molecular weight is 415 g/mol. The predicted octanol–water partition coefficient (Wildman–Crippen LogP) is 2.86. The molecule has 1 aliphatic rings. The van der Waals surface area contributed by atoms with Gasteiger partial charge in [-0.2, -0.15) is 4.31 Å². The van der Waals surface area contributed by atoms with Crippen LogP contribution in [0.25, 0.3) is 6.08 Å². The van der Waals surface area contributed by atoms with Crippen molar-refractivity contribution in [2.45, 2.75) is 18.7 Å². The monoisotopic (exact) mass is 414 g/mol. The number of sulfonamides is 1. The van der Waals surface area contributed by atoms with Gasteiger partial charge in [-0.05, 0) is 37.6 Å². The molecule has 6 nitrogen and oxygen atoms in total. The maximum atomic E-state index is 13.0. The summed E-state index contributed by atoms with van der Waals surface area (Å²) in [5.41, 5.74) is 2.58. The number of aryl methyl sites for hydroxylation is 2. The molecule has 2 aromatic carbocycles. The Hall–Kier alpha value is -2.64. The Kier molecular flexibility index (Phi) is 6.39. The summed E-state index contributed by atoms with van der Waals surface area (Å²) in [4.78, 5) is 14.5. The fourth-order valence-corrected chi connectivity index (χ4v) is 5.08. The smallest absolute Gasteiger partial charge is 0.246 e. The Bertz CT molecular complexity index is 1020. The van der Waals surface area contributed by atoms with Crippen LogP contribution in [0.4, 0.5) is 0 Å². The number of hydrogen-bond acceptors (Lipinski definition) is 4. The van der Waals surface area contributed by atoms with E-state index in [9.17, 15) is 13.2 Å². The van der Waals surface area contributed by atoms with E-state index in [1.54, 1.807) is 24.2 Å². The average Bonchev–Trinajstić information content (AvgIpc) is 2.72. The van der Waals surface area contributed by atoms with Crippen molar-refractivity contribution < 1.29 is 17.9 Å². The van der Waals surface area contributed by atoms with E-state index in [1.807, 2.05) is 50.2 Å². The van der Waals surface area contributed by atoms with Gasteiger partial charge in [-0.1, -0.05) is 35.9 Å². The van der Waals surface area contributed by atoms with Gasteiger partial charge in [0.15, 0.2) is 0 Å². The zero-order valence-corrected chi connectivity index (χ0v) is 17.8. The minimum Gasteiger partial charge on any atom is -0.496 e. The Balaban J connectivity index is 1.65. The highest BCUT2D eigenvalue weighted by Gasteiger charge is 2.30. The van der Waals surface area contributed by atoms with Crippen molar-refractivity contribution in [3.05, 3.63) is 65.2 Å². The van der Waals surface area contributed by atoms with Gasteiger partial charge in [0.2, 0.25) is 15.9 Å². The lowest BCUT2D eigenvalue weighted by Gasteiger charge is -2.33. The van der Waals surface area contributed by atoms with Crippen LogP contribution in [0.15, 0.2) is 53.4 Å². The van der Waals surface area contributed by atoms with Crippen LogP contribution < -0.4 is 4.74 Å². The number of benzene rings is 2. The molecule has 29 heavy (non-hydrogen) atoms. The largest absolute Gasteiger partial charge is 0.496 e. The molecule has 0 saturated carbocycles. The quantitative estimate of drug-likeness (QED) is 0.706. The van der Waals surface area contributed by atoms with E-state index >= 15 is 0 Å². The maximum Gasteiger partial charge on any atom is 0.246 e. The minimum absolute atomic E-state index is 0.139. The summed E-state index contributed by atoms with van der Waals surface area (Å²) in [5, 5.41) is 0. The summed E-state index contributed by atoms with van der Waals surface area (Å²) in [5.74, 6) is 0.556. The summed E-state index contributed by atoms with van der Waals surface area (Å²) >= 11 is 0. The highest BCUT2D eigenvalue weighted by Crippen LogP contribution is 2.23. The Morgan fingerprint density at radius 2 is 1.72 bits per heavy atom. The molecule has 1 aliphatic heterocycles. The van der Waals surface area contributed by atoms with Crippen molar-refractivity contribution in [2.75, 3.05) is 33.3 Å². The third-order valence-corrected chi connectivity index (χ3v) is 7.10. The van der Waals surface area contributed by atoms with E-state index in [-0.39, 0.29) is 19.0 Å². The SMILES string of the molecule is COc1ccccc1C=CC(=O)N1CCN(S(=O)(=O)c2ccc(C)cc2C)CC1. The molecule has 154 valence electrons. The van der Waals surface area contributed by atoms with Crippen LogP contribution in [-0.4, -0.2) is 56.8 Å².